The van der Waals surface area contributed by atoms with Gasteiger partial charge in [0.1, 0.15) is 18.1 Å². The average Bonchev–Trinajstić information content (AvgIpc) is 4.11. The molecule has 2 aliphatic rings. The van der Waals surface area contributed by atoms with Crippen LogP contribution in [0.2, 0.25) is 0 Å². The number of hydrogen-bond acceptors (Lipinski definition) is 14. The van der Waals surface area contributed by atoms with Crippen molar-refractivity contribution in [1.82, 2.24) is 40.8 Å². The van der Waals surface area contributed by atoms with Crippen LogP contribution in [-0.2, 0) is 54.4 Å². The van der Waals surface area contributed by atoms with E-state index < -0.39 is 114 Å². The van der Waals surface area contributed by atoms with Crippen LogP contribution in [0.25, 0.3) is 0 Å². The first kappa shape index (κ1) is 71.0. The average molecular weight is 1160 g/mol. The predicted octanol–water partition coefficient (Wildman–Crippen LogP) is 1.50. The molecule has 6 amide bonds. The molecule has 2 fully saturated rings. The van der Waals surface area contributed by atoms with Gasteiger partial charge >= 0.3 is 5.97 Å². The number of rotatable bonds is 36. The molecule has 1 unspecified atom stereocenters. The fourth-order valence-electron chi connectivity index (χ4n) is 10.8. The quantitative estimate of drug-likeness (QED) is 0.0204. The fraction of sp³-hybridized carbons (Fsp3) is 0.712. The molecule has 0 saturated carbocycles. The third-order valence-corrected chi connectivity index (χ3v) is 15.6. The number of carboxylic acids is 1. The summed E-state index contributed by atoms with van der Waals surface area (Å²) in [4.78, 5) is 150. The van der Waals surface area contributed by atoms with Gasteiger partial charge in [0.2, 0.25) is 35.4 Å². The lowest BCUT2D eigenvalue weighted by atomic mass is 9.89. The van der Waals surface area contributed by atoms with E-state index in [1.807, 2.05) is 70.1 Å². The molecule has 1 aromatic carbocycles. The Morgan fingerprint density at radius 1 is 0.771 bits per heavy atom. The number of piperidine rings is 1. The fourth-order valence-corrected chi connectivity index (χ4v) is 10.8. The third-order valence-electron chi connectivity index (χ3n) is 15.6. The summed E-state index contributed by atoms with van der Waals surface area (Å²) in [5.41, 5.74) is 11.8. The van der Waals surface area contributed by atoms with E-state index in [4.69, 9.17) is 19.4 Å². The zero-order chi connectivity index (χ0) is 62.2. The summed E-state index contributed by atoms with van der Waals surface area (Å²) in [5, 5.41) is 32.4. The van der Waals surface area contributed by atoms with Gasteiger partial charge in [0, 0.05) is 57.2 Å². The molecule has 0 bridgehead atoms. The lowest BCUT2D eigenvalue weighted by Crippen LogP contribution is -2.58. The normalized spacial score (nSPS) is 19.3. The summed E-state index contributed by atoms with van der Waals surface area (Å²) in [6.07, 6.45) is 0.236. The number of likely N-dealkylation sites (N-methyl/N-ethyl adjacent to an activating group) is 1. The summed E-state index contributed by atoms with van der Waals surface area (Å²) >= 11 is 0. The van der Waals surface area contributed by atoms with Crippen LogP contribution in [0.4, 0.5) is 0 Å². The van der Waals surface area contributed by atoms with Crippen LogP contribution >= 0.6 is 0 Å². The van der Waals surface area contributed by atoms with E-state index in [-0.39, 0.29) is 106 Å². The number of ketones is 3. The highest BCUT2D eigenvalue weighted by Crippen LogP contribution is 2.27. The minimum Gasteiger partial charge on any atom is -0.481 e. The standard InChI is InChI=1S/C59H96BN11O12/c1-11-37(6)52(38(7)72)67-54(79)40(20-15-23-63-59(61)62)29-50(75)45(32-51(76)77)65-56(81)47(27-36(4)5)69(10)58(83)48-31-43(73)34-71(48)57(82)46(26-35(2)3)66-53(78)41(21-16-24-68(8)9)30-49(74)44(28-39-18-13-12-14-19-39)64-55(80)42-22-17-25-70(60)33-42/h12-14,18-19,35-37,40-48,52,73H,11,15-17,20-34H2,1-10H3,(H,64,80)(H,65,81)(H,66,78)(H,67,79)(H,76,77)(H4,61,62,63)/t37?,40-,41+,42+,43-,44+,45+,46+,47+,48+,52+/m1/s1. The number of nitrogens with two attached hydrogens (primary N) is 2. The number of nitrogens with zero attached hydrogens (tertiary/aromatic N) is 5. The second-order valence-corrected chi connectivity index (χ2v) is 24.0. The Labute approximate surface area is 492 Å². The molecule has 0 aromatic heterocycles. The Bertz CT molecular complexity index is 2370. The van der Waals surface area contributed by atoms with E-state index in [0.29, 0.717) is 38.9 Å². The van der Waals surface area contributed by atoms with Crippen molar-refractivity contribution in [3.63, 3.8) is 0 Å². The Morgan fingerprint density at radius 3 is 1.92 bits per heavy atom. The van der Waals surface area contributed by atoms with Crippen LogP contribution in [0.5, 0.6) is 0 Å². The minimum absolute atomic E-state index is 0.0197. The molecule has 24 heteroatoms. The largest absolute Gasteiger partial charge is 0.481 e. The van der Waals surface area contributed by atoms with Gasteiger partial charge in [-0.15, -0.1) is 0 Å². The van der Waals surface area contributed by atoms with Crippen molar-refractivity contribution in [1.29, 1.82) is 0 Å². The zero-order valence-corrected chi connectivity index (χ0v) is 50.8. The Kier molecular flexibility index (Phi) is 30.0. The van der Waals surface area contributed by atoms with Crippen molar-refractivity contribution in [2.24, 2.45) is 52.0 Å². The van der Waals surface area contributed by atoms with Crippen molar-refractivity contribution in [3.8, 4) is 0 Å². The number of guanidine groups is 1. The monoisotopic (exact) mass is 1160 g/mol. The van der Waals surface area contributed by atoms with Crippen LogP contribution in [0, 0.1) is 35.5 Å². The number of carbonyl (C=O) groups is 10. The van der Waals surface area contributed by atoms with Crippen molar-refractivity contribution >= 4 is 72.7 Å². The predicted molar refractivity (Wildman–Crippen MR) is 316 cm³/mol. The molecule has 462 valence electrons. The Hall–Kier alpha value is -6.27. The molecule has 2 heterocycles. The van der Waals surface area contributed by atoms with Crippen LogP contribution in [0.1, 0.15) is 138 Å². The van der Waals surface area contributed by atoms with Crippen molar-refractivity contribution < 1.29 is 58.2 Å². The molecular formula is C59H96BN11O12. The van der Waals surface area contributed by atoms with Crippen molar-refractivity contribution in [3.05, 3.63) is 35.9 Å². The number of Topliss-reactive ketones (excluding diaryl/α,β-unsaturated/α-hetero) is 3. The molecule has 10 N–H and O–H groups in total. The molecule has 2 radical (unpaired) electrons. The number of nitrogens with one attached hydrogen (secondary N) is 4. The molecule has 1 aromatic rings. The van der Waals surface area contributed by atoms with E-state index >= 15 is 0 Å². The molecule has 23 nitrogen and oxygen atoms in total. The first-order valence-corrected chi connectivity index (χ1v) is 29.5. The highest BCUT2D eigenvalue weighted by atomic mass is 16.4. The second-order valence-electron chi connectivity index (χ2n) is 24.0. The first-order chi connectivity index (χ1) is 39.0. The molecule has 11 atom stereocenters. The number of aliphatic hydroxyl groups is 1. The molecular weight excluding hydrogens is 1070 g/mol. The van der Waals surface area contributed by atoms with E-state index in [0.717, 1.165) is 16.9 Å². The topological polar surface area (TPSA) is 337 Å². The number of aliphatic imine (C=N–C) groups is 1. The number of β-amino-alcohol motifs (C(OH)–C–C–N with tert-alkyl or cyclic N) is 1. The van der Waals surface area contributed by atoms with Gasteiger partial charge in [-0.3, -0.25) is 52.9 Å². The number of benzene rings is 1. The summed E-state index contributed by atoms with van der Waals surface area (Å²) in [7, 11) is 11.2. The van der Waals surface area contributed by atoms with Gasteiger partial charge in [-0.1, -0.05) is 78.3 Å². The van der Waals surface area contributed by atoms with Crippen LogP contribution in [0.15, 0.2) is 35.3 Å². The van der Waals surface area contributed by atoms with Gasteiger partial charge in [0.15, 0.2) is 31.3 Å². The summed E-state index contributed by atoms with van der Waals surface area (Å²) < 4.78 is 0. The van der Waals surface area contributed by atoms with E-state index in [1.165, 1.54) is 18.9 Å². The number of likely N-dealkylation sites (tertiary alicyclic amines) is 1. The summed E-state index contributed by atoms with van der Waals surface area (Å²) in [6.45, 7) is 13.7. The van der Waals surface area contributed by atoms with Gasteiger partial charge in [-0.2, -0.15) is 0 Å². The molecule has 83 heavy (non-hydrogen) atoms. The smallest absolute Gasteiger partial charge is 0.305 e. The zero-order valence-electron chi connectivity index (χ0n) is 50.8. The molecule has 3 rings (SSSR count). The number of carboxylic acid groups (broad SMARTS) is 1. The molecule has 2 saturated heterocycles. The highest BCUT2D eigenvalue weighted by molar-refractivity contribution is 6.04. The van der Waals surface area contributed by atoms with Gasteiger partial charge in [0.05, 0.1) is 30.7 Å². The first-order valence-electron chi connectivity index (χ1n) is 29.5. The maximum Gasteiger partial charge on any atom is 0.305 e. The Morgan fingerprint density at radius 2 is 1.36 bits per heavy atom. The second kappa shape index (κ2) is 35.1. The van der Waals surface area contributed by atoms with Gasteiger partial charge in [0.25, 0.3) is 0 Å². The highest BCUT2D eigenvalue weighted by Gasteiger charge is 2.45. The van der Waals surface area contributed by atoms with E-state index in [2.05, 4.69) is 26.3 Å². The lowest BCUT2D eigenvalue weighted by Gasteiger charge is -2.35. The molecule has 0 aliphatic carbocycles. The van der Waals surface area contributed by atoms with Gasteiger partial charge < -0.3 is 62.5 Å². The van der Waals surface area contributed by atoms with Gasteiger partial charge in [-0.25, -0.2) is 0 Å². The minimum atomic E-state index is -1.66. The Balaban J connectivity index is 1.93. The maximum absolute atomic E-state index is 14.9. The summed E-state index contributed by atoms with van der Waals surface area (Å²) in [6, 6.07) is 1.87. The SMILES string of the molecule is [B]N1CCC[C@H](C(=O)N[C@@H](Cc2ccccc2)C(=O)C[C@H](CCCN(C)C)C(=O)N[C@@H](CC(C)C)C(=O)N2C[C@H](O)C[C@H]2C(=O)N(C)[C@@H](CC(C)C)C(=O)N[C@@H](CC(=O)O)C(=O)C[C@@H](CCCN=C(N)N)C(=O)N[C@H](C(C)=O)C(C)CC)C1. The van der Waals surface area contributed by atoms with Crippen LogP contribution < -0.4 is 32.7 Å². The summed E-state index contributed by atoms with van der Waals surface area (Å²) in [5.74, 6) is -9.96. The lowest BCUT2D eigenvalue weighted by molar-refractivity contribution is -0.149. The number of carbonyl (C=O) groups excluding carboxylic acids is 9. The molecule has 2 aliphatic heterocycles. The number of amides is 6. The molecule has 0 spiro atoms. The van der Waals surface area contributed by atoms with Crippen molar-refractivity contribution in [2.75, 3.05) is 53.9 Å². The van der Waals surface area contributed by atoms with Gasteiger partial charge in [-0.05, 0) is 122 Å². The van der Waals surface area contributed by atoms with Crippen LogP contribution in [0.3, 0.4) is 0 Å². The van der Waals surface area contributed by atoms with E-state index in [1.54, 1.807) is 25.6 Å². The van der Waals surface area contributed by atoms with Crippen LogP contribution in [-0.4, -0.2) is 199 Å². The third kappa shape index (κ3) is 24.1. The van der Waals surface area contributed by atoms with E-state index in [9.17, 15) is 58.2 Å². The maximum atomic E-state index is 14.9. The number of aliphatic hydroxyl groups excluding tert-OH is 1. The number of hydrogen-bond donors (Lipinski definition) is 8. The number of aliphatic carboxylic acids is 1. The van der Waals surface area contributed by atoms with Crippen molar-refractivity contribution in [2.45, 2.75) is 181 Å².